The highest BCUT2D eigenvalue weighted by atomic mass is 19.1. The summed E-state index contributed by atoms with van der Waals surface area (Å²) in [5.74, 6) is -2.78. The minimum Gasteiger partial charge on any atom is -0.452 e. The quantitative estimate of drug-likeness (QED) is 0.854. The van der Waals surface area contributed by atoms with Crippen LogP contribution in [0.3, 0.4) is 0 Å². The summed E-state index contributed by atoms with van der Waals surface area (Å²) in [6.07, 6.45) is -1.11. The third kappa shape index (κ3) is 4.87. The number of benzene rings is 2. The minimum atomic E-state index is -1.13. The van der Waals surface area contributed by atoms with E-state index in [9.17, 15) is 18.4 Å². The Kier molecular flexibility index (Phi) is 5.63. The topological polar surface area (TPSA) is 55.4 Å². The van der Waals surface area contributed by atoms with Crippen LogP contribution in [0.5, 0.6) is 0 Å². The highest BCUT2D eigenvalue weighted by Gasteiger charge is 2.19. The van der Waals surface area contributed by atoms with E-state index in [2.05, 4.69) is 5.32 Å². The number of halogens is 2. The molecule has 1 N–H and O–H groups in total. The van der Waals surface area contributed by atoms with Gasteiger partial charge in [0.1, 0.15) is 11.6 Å². The van der Waals surface area contributed by atoms with E-state index in [1.165, 1.54) is 6.92 Å². The Morgan fingerprint density at radius 2 is 1.79 bits per heavy atom. The third-order valence-corrected chi connectivity index (χ3v) is 3.33. The molecule has 0 fully saturated rings. The van der Waals surface area contributed by atoms with Gasteiger partial charge >= 0.3 is 5.97 Å². The molecule has 0 aliphatic heterocycles. The average molecular weight is 333 g/mol. The van der Waals surface area contributed by atoms with Crippen LogP contribution in [0.1, 0.15) is 18.1 Å². The number of carbonyl (C=O) groups is 2. The number of nitrogens with one attached hydrogen (secondary N) is 1. The molecule has 2 aromatic carbocycles. The molecule has 126 valence electrons. The highest BCUT2D eigenvalue weighted by Crippen LogP contribution is 2.16. The average Bonchev–Trinajstić information content (AvgIpc) is 2.53. The molecule has 2 aromatic rings. The Morgan fingerprint density at radius 1 is 1.12 bits per heavy atom. The van der Waals surface area contributed by atoms with Crippen LogP contribution in [0.4, 0.5) is 14.5 Å². The second kappa shape index (κ2) is 7.68. The van der Waals surface area contributed by atoms with E-state index in [-0.39, 0.29) is 12.1 Å². The number of hydrogen-bond donors (Lipinski definition) is 1. The Hall–Kier alpha value is -2.76. The number of ether oxygens (including phenoxy) is 1. The molecular formula is C18H17F2NO3. The van der Waals surface area contributed by atoms with Crippen LogP contribution in [0.2, 0.25) is 0 Å². The Balaban J connectivity index is 1.92. The van der Waals surface area contributed by atoms with Gasteiger partial charge in [-0.3, -0.25) is 9.59 Å². The van der Waals surface area contributed by atoms with Crippen LogP contribution in [0.15, 0.2) is 42.5 Å². The summed E-state index contributed by atoms with van der Waals surface area (Å²) >= 11 is 0. The minimum absolute atomic E-state index is 0.0201. The number of carbonyl (C=O) groups excluding carboxylic acids is 2. The number of amides is 1. The monoisotopic (exact) mass is 333 g/mol. The molecular weight excluding hydrogens is 316 g/mol. The van der Waals surface area contributed by atoms with Gasteiger partial charge < -0.3 is 10.1 Å². The van der Waals surface area contributed by atoms with E-state index in [1.54, 1.807) is 12.1 Å². The number of rotatable bonds is 5. The zero-order valence-electron chi connectivity index (χ0n) is 13.3. The Bertz CT molecular complexity index is 744. The van der Waals surface area contributed by atoms with Crippen molar-refractivity contribution in [1.82, 2.24) is 0 Å². The van der Waals surface area contributed by atoms with Crippen molar-refractivity contribution in [2.24, 2.45) is 0 Å². The first kappa shape index (κ1) is 17.6. The number of anilines is 1. The highest BCUT2D eigenvalue weighted by molar-refractivity contribution is 5.95. The lowest BCUT2D eigenvalue weighted by Crippen LogP contribution is -2.30. The van der Waals surface area contributed by atoms with Crippen molar-refractivity contribution in [1.29, 1.82) is 0 Å². The van der Waals surface area contributed by atoms with Crippen molar-refractivity contribution in [3.8, 4) is 0 Å². The maximum atomic E-state index is 13.5. The molecule has 6 heteroatoms. The first-order chi connectivity index (χ1) is 11.3. The molecule has 0 aliphatic carbocycles. The Labute approximate surface area is 138 Å². The van der Waals surface area contributed by atoms with Gasteiger partial charge in [0, 0.05) is 6.07 Å². The van der Waals surface area contributed by atoms with Crippen LogP contribution in [0, 0.1) is 18.6 Å². The molecule has 1 atom stereocenters. The molecule has 0 aliphatic rings. The lowest BCUT2D eigenvalue weighted by molar-refractivity contribution is -0.152. The summed E-state index contributed by atoms with van der Waals surface area (Å²) in [7, 11) is 0. The lowest BCUT2D eigenvalue weighted by atomic mass is 10.1. The molecule has 1 unspecified atom stereocenters. The standard InChI is InChI=1S/C18H17F2NO3/c1-11-3-5-13(6-4-11)9-17(22)24-12(2)18(23)21-16-10-14(19)7-8-15(16)20/h3-8,10,12H,9H2,1-2H3,(H,21,23). The molecule has 1 amide bonds. The summed E-state index contributed by atoms with van der Waals surface area (Å²) in [6, 6.07) is 10.0. The first-order valence-electron chi connectivity index (χ1n) is 7.36. The fourth-order valence-corrected chi connectivity index (χ4v) is 1.99. The van der Waals surface area contributed by atoms with Crippen molar-refractivity contribution in [2.75, 3.05) is 5.32 Å². The normalized spacial score (nSPS) is 11.7. The second-order valence-corrected chi connectivity index (χ2v) is 5.41. The molecule has 0 radical (unpaired) electrons. The van der Waals surface area contributed by atoms with E-state index < -0.39 is 29.6 Å². The maximum absolute atomic E-state index is 13.5. The van der Waals surface area contributed by atoms with Gasteiger partial charge in [-0.05, 0) is 31.5 Å². The number of esters is 1. The molecule has 0 saturated carbocycles. The number of hydrogen-bond acceptors (Lipinski definition) is 3. The zero-order chi connectivity index (χ0) is 17.7. The van der Waals surface area contributed by atoms with E-state index in [0.29, 0.717) is 0 Å². The van der Waals surface area contributed by atoms with Gasteiger partial charge in [-0.2, -0.15) is 0 Å². The van der Waals surface area contributed by atoms with Crippen LogP contribution >= 0.6 is 0 Å². The second-order valence-electron chi connectivity index (χ2n) is 5.41. The molecule has 4 nitrogen and oxygen atoms in total. The van der Waals surface area contributed by atoms with Crippen LogP contribution in [-0.2, 0) is 20.7 Å². The van der Waals surface area contributed by atoms with E-state index in [0.717, 1.165) is 29.3 Å². The van der Waals surface area contributed by atoms with Gasteiger partial charge in [-0.15, -0.1) is 0 Å². The van der Waals surface area contributed by atoms with Gasteiger partial charge in [0.25, 0.3) is 5.91 Å². The van der Waals surface area contributed by atoms with Crippen LogP contribution in [-0.4, -0.2) is 18.0 Å². The van der Waals surface area contributed by atoms with Crippen LogP contribution in [0.25, 0.3) is 0 Å². The van der Waals surface area contributed by atoms with Crippen molar-refractivity contribution < 1.29 is 23.1 Å². The summed E-state index contributed by atoms with van der Waals surface area (Å²) < 4.78 is 31.6. The largest absolute Gasteiger partial charge is 0.452 e. The lowest BCUT2D eigenvalue weighted by Gasteiger charge is -2.14. The van der Waals surface area contributed by atoms with Crippen molar-refractivity contribution >= 4 is 17.6 Å². The SMILES string of the molecule is Cc1ccc(CC(=O)OC(C)C(=O)Nc2cc(F)ccc2F)cc1. The van der Waals surface area contributed by atoms with E-state index >= 15 is 0 Å². The van der Waals surface area contributed by atoms with Crippen molar-refractivity contribution in [2.45, 2.75) is 26.4 Å². The molecule has 0 heterocycles. The van der Waals surface area contributed by atoms with Gasteiger partial charge in [0.15, 0.2) is 6.10 Å². The summed E-state index contributed by atoms with van der Waals surface area (Å²) in [5.41, 5.74) is 1.52. The van der Waals surface area contributed by atoms with Crippen molar-refractivity contribution in [3.63, 3.8) is 0 Å². The smallest absolute Gasteiger partial charge is 0.311 e. The van der Waals surface area contributed by atoms with Gasteiger partial charge in [-0.25, -0.2) is 8.78 Å². The predicted molar refractivity (Wildman–Crippen MR) is 85.4 cm³/mol. The molecule has 0 saturated heterocycles. The molecule has 24 heavy (non-hydrogen) atoms. The third-order valence-electron chi connectivity index (χ3n) is 3.33. The van der Waals surface area contributed by atoms with E-state index in [1.807, 2.05) is 19.1 Å². The van der Waals surface area contributed by atoms with Gasteiger partial charge in [-0.1, -0.05) is 29.8 Å². The zero-order valence-corrected chi connectivity index (χ0v) is 13.3. The summed E-state index contributed by atoms with van der Waals surface area (Å²) in [4.78, 5) is 23.8. The maximum Gasteiger partial charge on any atom is 0.311 e. The molecule has 0 bridgehead atoms. The van der Waals surface area contributed by atoms with Gasteiger partial charge in [0.05, 0.1) is 12.1 Å². The van der Waals surface area contributed by atoms with Crippen molar-refractivity contribution in [3.05, 3.63) is 65.2 Å². The molecule has 2 rings (SSSR count). The van der Waals surface area contributed by atoms with Gasteiger partial charge in [0.2, 0.25) is 0 Å². The van der Waals surface area contributed by atoms with Crippen LogP contribution < -0.4 is 5.32 Å². The molecule has 0 spiro atoms. The fraction of sp³-hybridized carbons (Fsp3) is 0.222. The summed E-state index contributed by atoms with van der Waals surface area (Å²) in [6.45, 7) is 3.29. The predicted octanol–water partition coefficient (Wildman–Crippen LogP) is 3.39. The Morgan fingerprint density at radius 3 is 2.46 bits per heavy atom. The first-order valence-corrected chi connectivity index (χ1v) is 7.36. The molecule has 0 aromatic heterocycles. The summed E-state index contributed by atoms with van der Waals surface area (Å²) in [5, 5.41) is 2.20. The fourth-order valence-electron chi connectivity index (χ4n) is 1.99. The van der Waals surface area contributed by atoms with E-state index in [4.69, 9.17) is 4.74 Å². The number of aryl methyl sites for hydroxylation is 1.